The van der Waals surface area contributed by atoms with E-state index in [1.165, 1.54) is 6.21 Å². The Balaban J connectivity index is 1.49. The van der Waals surface area contributed by atoms with Crippen LogP contribution in [0.25, 0.3) is 10.6 Å². The van der Waals surface area contributed by atoms with Crippen LogP contribution in [-0.4, -0.2) is 45.9 Å². The minimum Gasteiger partial charge on any atom is -0.482 e. The number of aromatic nitrogens is 2. The number of benzene rings is 2. The fourth-order valence-corrected chi connectivity index (χ4v) is 2.88. The molecule has 152 valence electrons. The maximum atomic E-state index is 11.9. The molecule has 3 aromatic rings. The highest BCUT2D eigenvalue weighted by Gasteiger charge is 2.16. The van der Waals surface area contributed by atoms with Crippen molar-refractivity contribution in [3.63, 3.8) is 0 Å². The molecule has 0 atom stereocenters. The lowest BCUT2D eigenvalue weighted by molar-refractivity contribution is -0.139. The second-order valence-corrected chi connectivity index (χ2v) is 6.66. The summed E-state index contributed by atoms with van der Waals surface area (Å²) in [6.45, 7) is -0.444. The zero-order valence-corrected chi connectivity index (χ0v) is 16.1. The van der Waals surface area contributed by atoms with Gasteiger partial charge in [-0.2, -0.15) is 5.10 Å². The standard InChI is InChI=1S/C19H15N5O5S/c25-15(26)11-29-14-8-6-12(7-9-14)10-20-22-17(28)16(27)21-19-24-23-18(30-19)13-4-2-1-3-5-13/h1-10H,11H2,(H,22,28)(H,25,26)(H,21,24,27)/b20-10-. The molecule has 0 unspecified atom stereocenters. The first-order chi connectivity index (χ1) is 14.5. The van der Waals surface area contributed by atoms with Crippen molar-refractivity contribution in [3.05, 3.63) is 60.2 Å². The van der Waals surface area contributed by atoms with E-state index in [0.717, 1.165) is 16.9 Å². The van der Waals surface area contributed by atoms with Gasteiger partial charge in [0.25, 0.3) is 0 Å². The number of amides is 2. The average Bonchev–Trinajstić information content (AvgIpc) is 3.22. The molecule has 11 heteroatoms. The molecule has 30 heavy (non-hydrogen) atoms. The zero-order valence-electron chi connectivity index (χ0n) is 15.3. The van der Waals surface area contributed by atoms with Gasteiger partial charge in [-0.15, -0.1) is 10.2 Å². The van der Waals surface area contributed by atoms with Gasteiger partial charge in [0.2, 0.25) is 5.13 Å². The molecule has 2 aromatic carbocycles. The Morgan fingerprint density at radius 2 is 1.77 bits per heavy atom. The lowest BCUT2D eigenvalue weighted by Gasteiger charge is -2.02. The summed E-state index contributed by atoms with van der Waals surface area (Å²) in [6, 6.07) is 15.6. The van der Waals surface area contributed by atoms with Crippen LogP contribution in [0, 0.1) is 0 Å². The van der Waals surface area contributed by atoms with E-state index < -0.39 is 24.4 Å². The summed E-state index contributed by atoms with van der Waals surface area (Å²) < 4.78 is 5.01. The van der Waals surface area contributed by atoms with E-state index in [-0.39, 0.29) is 5.13 Å². The molecule has 3 rings (SSSR count). The number of aliphatic carboxylic acids is 1. The molecule has 0 saturated heterocycles. The summed E-state index contributed by atoms with van der Waals surface area (Å²) >= 11 is 1.14. The van der Waals surface area contributed by atoms with E-state index in [9.17, 15) is 14.4 Å². The fourth-order valence-electron chi connectivity index (χ4n) is 2.14. The van der Waals surface area contributed by atoms with Gasteiger partial charge in [0.1, 0.15) is 10.8 Å². The molecule has 0 aliphatic carbocycles. The number of anilines is 1. The summed E-state index contributed by atoms with van der Waals surface area (Å²) in [5, 5.41) is 23.3. The van der Waals surface area contributed by atoms with Crippen molar-refractivity contribution in [3.8, 4) is 16.3 Å². The van der Waals surface area contributed by atoms with E-state index in [1.54, 1.807) is 24.3 Å². The van der Waals surface area contributed by atoms with Crippen molar-refractivity contribution in [2.75, 3.05) is 11.9 Å². The van der Waals surface area contributed by atoms with Crippen molar-refractivity contribution >= 4 is 40.5 Å². The highest BCUT2D eigenvalue weighted by molar-refractivity contribution is 7.18. The molecule has 0 spiro atoms. The lowest BCUT2D eigenvalue weighted by atomic mass is 10.2. The molecule has 1 heterocycles. The predicted octanol–water partition coefficient (Wildman–Crippen LogP) is 1.76. The topological polar surface area (TPSA) is 143 Å². The van der Waals surface area contributed by atoms with Gasteiger partial charge in [-0.25, -0.2) is 10.2 Å². The van der Waals surface area contributed by atoms with E-state index in [2.05, 4.69) is 26.0 Å². The molecule has 2 amide bonds. The summed E-state index contributed by atoms with van der Waals surface area (Å²) in [4.78, 5) is 34.3. The fraction of sp³-hybridized carbons (Fsp3) is 0.0526. The first kappa shape index (κ1) is 20.6. The number of ether oxygens (including phenoxy) is 1. The van der Waals surface area contributed by atoms with Gasteiger partial charge >= 0.3 is 17.8 Å². The molecule has 0 saturated carbocycles. The molecule has 1 aromatic heterocycles. The van der Waals surface area contributed by atoms with E-state index in [0.29, 0.717) is 16.3 Å². The van der Waals surface area contributed by atoms with Gasteiger partial charge in [-0.3, -0.25) is 14.9 Å². The number of carboxylic acids is 1. The van der Waals surface area contributed by atoms with Crippen molar-refractivity contribution in [2.45, 2.75) is 0 Å². The summed E-state index contributed by atoms with van der Waals surface area (Å²) in [5.74, 6) is -2.60. The first-order valence-corrected chi connectivity index (χ1v) is 9.31. The quantitative estimate of drug-likeness (QED) is 0.297. The summed E-state index contributed by atoms with van der Waals surface area (Å²) in [7, 11) is 0. The Labute approximate surface area is 174 Å². The summed E-state index contributed by atoms with van der Waals surface area (Å²) in [5.41, 5.74) is 3.57. The first-order valence-electron chi connectivity index (χ1n) is 8.49. The normalized spacial score (nSPS) is 10.5. The van der Waals surface area contributed by atoms with Crippen molar-refractivity contribution < 1.29 is 24.2 Å². The van der Waals surface area contributed by atoms with E-state index in [4.69, 9.17) is 9.84 Å². The largest absolute Gasteiger partial charge is 0.482 e. The lowest BCUT2D eigenvalue weighted by Crippen LogP contribution is -2.32. The molecule has 0 bridgehead atoms. The molecule has 3 N–H and O–H groups in total. The molecule has 0 aliphatic heterocycles. The van der Waals surface area contributed by atoms with Crippen LogP contribution in [0.4, 0.5) is 5.13 Å². The Hall–Kier alpha value is -4.12. The third-order valence-corrected chi connectivity index (χ3v) is 4.38. The van der Waals surface area contributed by atoms with Gasteiger partial charge < -0.3 is 9.84 Å². The van der Waals surface area contributed by atoms with Crippen LogP contribution in [0.2, 0.25) is 0 Å². The monoisotopic (exact) mass is 425 g/mol. The molecule has 0 aliphatic rings. The smallest absolute Gasteiger partial charge is 0.341 e. The predicted molar refractivity (Wildman–Crippen MR) is 109 cm³/mol. The number of carbonyl (C=O) groups excluding carboxylic acids is 2. The summed E-state index contributed by atoms with van der Waals surface area (Å²) in [6.07, 6.45) is 1.32. The molecular weight excluding hydrogens is 410 g/mol. The van der Waals surface area contributed by atoms with Crippen LogP contribution in [0.3, 0.4) is 0 Å². The van der Waals surface area contributed by atoms with Crippen molar-refractivity contribution in [1.82, 2.24) is 15.6 Å². The second kappa shape index (κ2) is 9.89. The van der Waals surface area contributed by atoms with Crippen LogP contribution in [0.15, 0.2) is 59.7 Å². The Morgan fingerprint density at radius 1 is 1.03 bits per heavy atom. The SMILES string of the molecule is O=C(O)COc1ccc(/C=N\NC(=O)C(=O)Nc2nnc(-c3ccccc3)s2)cc1. The van der Waals surface area contributed by atoms with Crippen molar-refractivity contribution in [2.24, 2.45) is 5.10 Å². The number of hydrogen-bond acceptors (Lipinski definition) is 8. The zero-order chi connectivity index (χ0) is 21.3. The number of hydrazone groups is 1. The van der Waals surface area contributed by atoms with Crippen molar-refractivity contribution in [1.29, 1.82) is 0 Å². The highest BCUT2D eigenvalue weighted by Crippen LogP contribution is 2.25. The van der Waals surface area contributed by atoms with Crippen LogP contribution in [0.5, 0.6) is 5.75 Å². The van der Waals surface area contributed by atoms with E-state index >= 15 is 0 Å². The minimum atomic E-state index is -1.08. The molecule has 10 nitrogen and oxygen atoms in total. The van der Waals surface area contributed by atoms with Crippen LogP contribution >= 0.6 is 11.3 Å². The highest BCUT2D eigenvalue weighted by atomic mass is 32.1. The Kier molecular flexibility index (Phi) is 6.79. The number of hydrogen-bond donors (Lipinski definition) is 3. The van der Waals surface area contributed by atoms with E-state index in [1.807, 2.05) is 30.3 Å². The van der Waals surface area contributed by atoms with Crippen LogP contribution in [0.1, 0.15) is 5.56 Å². The number of rotatable bonds is 7. The maximum Gasteiger partial charge on any atom is 0.341 e. The molecular formula is C19H15N5O5S. The van der Waals surface area contributed by atoms with Crippen LogP contribution in [-0.2, 0) is 14.4 Å². The molecule has 0 fully saturated rings. The van der Waals surface area contributed by atoms with Gasteiger partial charge in [-0.05, 0) is 29.8 Å². The Morgan fingerprint density at radius 3 is 2.47 bits per heavy atom. The molecule has 0 radical (unpaired) electrons. The average molecular weight is 425 g/mol. The number of carboxylic acid groups (broad SMARTS) is 1. The number of nitrogens with one attached hydrogen (secondary N) is 2. The Bertz CT molecular complexity index is 1070. The minimum absolute atomic E-state index is 0.190. The second-order valence-electron chi connectivity index (χ2n) is 5.68. The third-order valence-electron chi connectivity index (χ3n) is 3.49. The van der Waals surface area contributed by atoms with Gasteiger partial charge in [0.05, 0.1) is 6.21 Å². The maximum absolute atomic E-state index is 11.9. The van der Waals surface area contributed by atoms with Crippen LogP contribution < -0.4 is 15.5 Å². The number of carbonyl (C=O) groups is 3. The third kappa shape index (κ3) is 5.94. The van der Waals surface area contributed by atoms with Gasteiger partial charge in [-0.1, -0.05) is 41.7 Å². The number of nitrogens with zero attached hydrogens (tertiary/aromatic N) is 3. The van der Waals surface area contributed by atoms with Gasteiger partial charge in [0.15, 0.2) is 6.61 Å². The van der Waals surface area contributed by atoms with Gasteiger partial charge in [0, 0.05) is 5.56 Å².